The molecule has 2 aromatic heterocycles. The maximum Gasteiger partial charge on any atom is 0.265 e. The van der Waals surface area contributed by atoms with Crippen molar-refractivity contribution in [1.29, 1.82) is 0 Å². The first-order chi connectivity index (χ1) is 13.6. The molecule has 2 aromatic carbocycles. The molecular weight excluding hydrogens is 398 g/mol. The smallest absolute Gasteiger partial charge is 0.265 e. The number of thiazole rings is 1. The Bertz CT molecular complexity index is 1370. The van der Waals surface area contributed by atoms with E-state index >= 15 is 0 Å². The number of rotatable bonds is 3. The van der Waals surface area contributed by atoms with E-state index in [0.29, 0.717) is 43.4 Å². The fourth-order valence-corrected chi connectivity index (χ4v) is 4.51. The zero-order chi connectivity index (χ0) is 19.3. The van der Waals surface area contributed by atoms with E-state index in [0.717, 1.165) is 5.56 Å². The second-order valence-corrected chi connectivity index (χ2v) is 7.87. The Morgan fingerprint density at radius 1 is 1.21 bits per heavy atom. The highest BCUT2D eigenvalue weighted by atomic mass is 32.1. The Morgan fingerprint density at radius 3 is 2.93 bits per heavy atom. The number of H-pyrrole nitrogens is 1. The number of nitrogens with zero attached hydrogens (tertiary/aromatic N) is 1. The maximum absolute atomic E-state index is 12.8. The van der Waals surface area contributed by atoms with Crippen LogP contribution in [-0.4, -0.2) is 22.1 Å². The summed E-state index contributed by atoms with van der Waals surface area (Å²) in [5, 5.41) is 3.40. The number of nitrogens with one attached hydrogen (secondary N) is 2. The summed E-state index contributed by atoms with van der Waals surface area (Å²) in [6.07, 6.45) is 0. The standard InChI is InChI=1S/C19H13N3O4S2/c23-17-11-3-1-2-4-12(11)22-16(21-17)15(28-19(22)27)18(24)20-8-10-5-6-13-14(7-10)26-9-25-13/h1-7H,8-9H2,(H,20,24)(H,21,23). The first-order valence-corrected chi connectivity index (χ1v) is 9.67. The molecule has 2 N–H and O–H groups in total. The number of benzene rings is 2. The molecule has 4 aromatic rings. The number of hydrogen-bond acceptors (Lipinski definition) is 6. The van der Waals surface area contributed by atoms with Gasteiger partial charge in [-0.2, -0.15) is 0 Å². The molecule has 9 heteroatoms. The van der Waals surface area contributed by atoms with Gasteiger partial charge >= 0.3 is 0 Å². The molecule has 0 aliphatic carbocycles. The van der Waals surface area contributed by atoms with Crippen LogP contribution in [0.2, 0.25) is 0 Å². The van der Waals surface area contributed by atoms with Crippen LogP contribution < -0.4 is 20.3 Å². The summed E-state index contributed by atoms with van der Waals surface area (Å²) in [5.74, 6) is 1.05. The minimum absolute atomic E-state index is 0.201. The molecule has 5 rings (SSSR count). The minimum atomic E-state index is -0.304. The average Bonchev–Trinajstić information content (AvgIpc) is 3.30. The lowest BCUT2D eigenvalue weighted by atomic mass is 10.2. The summed E-state index contributed by atoms with van der Waals surface area (Å²) in [6, 6.07) is 12.7. The Hall–Kier alpha value is -3.17. The molecule has 1 amide bonds. The van der Waals surface area contributed by atoms with Crippen LogP contribution in [0.5, 0.6) is 11.5 Å². The van der Waals surface area contributed by atoms with Crippen LogP contribution in [0.15, 0.2) is 47.3 Å². The van der Waals surface area contributed by atoms with Gasteiger partial charge in [-0.3, -0.25) is 14.0 Å². The van der Waals surface area contributed by atoms with Crippen LogP contribution in [0.25, 0.3) is 16.6 Å². The number of ether oxygens (including phenoxy) is 2. The van der Waals surface area contributed by atoms with Crippen molar-refractivity contribution in [3.63, 3.8) is 0 Å². The van der Waals surface area contributed by atoms with Crippen molar-refractivity contribution in [2.45, 2.75) is 6.54 Å². The molecule has 1 aliphatic rings. The number of carbonyl (C=O) groups excluding carboxylic acids is 1. The Kier molecular flexibility index (Phi) is 3.92. The van der Waals surface area contributed by atoms with E-state index in [1.165, 1.54) is 11.3 Å². The first-order valence-electron chi connectivity index (χ1n) is 8.45. The molecule has 0 unspecified atom stereocenters. The summed E-state index contributed by atoms with van der Waals surface area (Å²) in [4.78, 5) is 28.4. The van der Waals surface area contributed by atoms with Crippen LogP contribution in [0.3, 0.4) is 0 Å². The van der Waals surface area contributed by atoms with Crippen molar-refractivity contribution in [2.24, 2.45) is 0 Å². The van der Waals surface area contributed by atoms with Crippen molar-refractivity contribution in [3.8, 4) is 11.5 Å². The van der Waals surface area contributed by atoms with Crippen LogP contribution in [-0.2, 0) is 6.54 Å². The van der Waals surface area contributed by atoms with E-state index in [1.807, 2.05) is 30.3 Å². The number of amides is 1. The normalized spacial score (nSPS) is 12.6. The van der Waals surface area contributed by atoms with E-state index in [9.17, 15) is 9.59 Å². The molecule has 3 heterocycles. The highest BCUT2D eigenvalue weighted by Gasteiger charge is 2.18. The van der Waals surface area contributed by atoms with Gasteiger partial charge in [0.15, 0.2) is 15.5 Å². The summed E-state index contributed by atoms with van der Waals surface area (Å²) in [5.41, 5.74) is 1.70. The lowest BCUT2D eigenvalue weighted by molar-refractivity contribution is 0.0956. The molecule has 0 radical (unpaired) electrons. The van der Waals surface area contributed by atoms with Gasteiger partial charge in [0.25, 0.3) is 11.5 Å². The summed E-state index contributed by atoms with van der Waals surface area (Å²) < 4.78 is 12.9. The van der Waals surface area contributed by atoms with Gasteiger partial charge in [0.1, 0.15) is 10.5 Å². The molecular formula is C19H13N3O4S2. The maximum atomic E-state index is 12.8. The fraction of sp³-hybridized carbons (Fsp3) is 0.105. The van der Waals surface area contributed by atoms with Crippen molar-refractivity contribution >= 4 is 46.0 Å². The fourth-order valence-electron chi connectivity index (χ4n) is 3.21. The molecule has 140 valence electrons. The highest BCUT2D eigenvalue weighted by Crippen LogP contribution is 2.32. The number of hydrogen-bond donors (Lipinski definition) is 2. The highest BCUT2D eigenvalue weighted by molar-refractivity contribution is 7.73. The summed E-state index contributed by atoms with van der Waals surface area (Å²) >= 11 is 6.61. The van der Waals surface area contributed by atoms with Crippen molar-refractivity contribution in [3.05, 3.63) is 67.2 Å². The van der Waals surface area contributed by atoms with E-state index < -0.39 is 0 Å². The van der Waals surface area contributed by atoms with Crippen molar-refractivity contribution < 1.29 is 14.3 Å². The number of para-hydroxylation sites is 1. The third-order valence-corrected chi connectivity index (χ3v) is 5.90. The molecule has 7 nitrogen and oxygen atoms in total. The van der Waals surface area contributed by atoms with E-state index in [4.69, 9.17) is 21.7 Å². The SMILES string of the molecule is O=C(NCc1ccc2c(c1)OCO2)c1sc(=S)n2c1[nH]c(=O)c1ccccc12. The lowest BCUT2D eigenvalue weighted by Gasteiger charge is -2.06. The summed E-state index contributed by atoms with van der Waals surface area (Å²) in [6.45, 7) is 0.511. The van der Waals surface area contributed by atoms with Gasteiger partial charge in [-0.05, 0) is 42.0 Å². The molecule has 0 saturated carbocycles. The predicted molar refractivity (Wildman–Crippen MR) is 108 cm³/mol. The van der Waals surface area contributed by atoms with Gasteiger partial charge in [-0.15, -0.1) is 0 Å². The quantitative estimate of drug-likeness (QED) is 0.506. The van der Waals surface area contributed by atoms with E-state index in [1.54, 1.807) is 16.5 Å². The number of carbonyl (C=O) groups is 1. The van der Waals surface area contributed by atoms with Crippen molar-refractivity contribution in [2.75, 3.05) is 6.79 Å². The number of aromatic nitrogens is 2. The summed E-state index contributed by atoms with van der Waals surface area (Å²) in [7, 11) is 0. The first kappa shape index (κ1) is 17.0. The third kappa shape index (κ3) is 2.67. The van der Waals surface area contributed by atoms with Crippen molar-refractivity contribution in [1.82, 2.24) is 14.7 Å². The number of fused-ring (bicyclic) bond motifs is 4. The van der Waals surface area contributed by atoms with Gasteiger partial charge in [0.2, 0.25) is 6.79 Å². The van der Waals surface area contributed by atoms with Crippen LogP contribution in [0.4, 0.5) is 0 Å². The molecule has 1 aliphatic heterocycles. The second-order valence-electron chi connectivity index (χ2n) is 6.22. The molecule has 0 saturated heterocycles. The predicted octanol–water partition coefficient (Wildman–Crippen LogP) is 3.23. The molecule has 0 spiro atoms. The number of aromatic amines is 1. The Balaban J connectivity index is 1.50. The lowest BCUT2D eigenvalue weighted by Crippen LogP contribution is -2.23. The molecule has 0 bridgehead atoms. The average molecular weight is 411 g/mol. The largest absolute Gasteiger partial charge is 0.454 e. The Labute approximate surface area is 167 Å². The van der Waals surface area contributed by atoms with E-state index in [2.05, 4.69) is 10.3 Å². The van der Waals surface area contributed by atoms with Gasteiger partial charge < -0.3 is 19.8 Å². The van der Waals surface area contributed by atoms with Gasteiger partial charge in [-0.25, -0.2) is 0 Å². The van der Waals surface area contributed by atoms with Crippen LogP contribution in [0, 0.1) is 3.95 Å². The zero-order valence-electron chi connectivity index (χ0n) is 14.4. The molecule has 28 heavy (non-hydrogen) atoms. The van der Waals surface area contributed by atoms with E-state index in [-0.39, 0.29) is 18.3 Å². The van der Waals surface area contributed by atoms with Crippen LogP contribution in [0.1, 0.15) is 15.2 Å². The van der Waals surface area contributed by atoms with Gasteiger partial charge in [0.05, 0.1) is 10.9 Å². The topological polar surface area (TPSA) is 84.8 Å². The zero-order valence-corrected chi connectivity index (χ0v) is 16.0. The van der Waals surface area contributed by atoms with Gasteiger partial charge in [-0.1, -0.05) is 29.5 Å². The monoisotopic (exact) mass is 411 g/mol. The third-order valence-electron chi connectivity index (χ3n) is 4.53. The molecule has 0 fully saturated rings. The van der Waals surface area contributed by atoms with Crippen LogP contribution >= 0.6 is 23.6 Å². The Morgan fingerprint density at radius 2 is 2.04 bits per heavy atom. The van der Waals surface area contributed by atoms with Gasteiger partial charge in [0, 0.05) is 6.54 Å². The minimum Gasteiger partial charge on any atom is -0.454 e. The second kappa shape index (κ2) is 6.47. The molecule has 0 atom stereocenters.